The highest BCUT2D eigenvalue weighted by Gasteiger charge is 2.48. The van der Waals surface area contributed by atoms with Crippen LogP contribution in [-0.4, -0.2) is 34.0 Å². The Morgan fingerprint density at radius 1 is 1.50 bits per heavy atom. The monoisotopic (exact) mass is 280 g/mol. The fourth-order valence-corrected chi connectivity index (χ4v) is 2.73. The van der Waals surface area contributed by atoms with Crippen molar-refractivity contribution in [2.24, 2.45) is 0 Å². The number of halogens is 1. The molecule has 5 nitrogen and oxygen atoms in total. The van der Waals surface area contributed by atoms with Gasteiger partial charge in [-0.15, -0.1) is 0 Å². The molecule has 1 fully saturated rings. The molecule has 1 aromatic rings. The van der Waals surface area contributed by atoms with E-state index in [4.69, 9.17) is 5.73 Å². The second-order valence-corrected chi connectivity index (χ2v) is 4.99. The standard InChI is InChI=1S/C14H17FN2O3/c1-2-14(13(19)20)6-3-7-17(14)12(18)9-4-5-11(16)10(15)8-9/h4-5,8H,2-3,6-7,16H2,1H3,(H,19,20). The molecule has 20 heavy (non-hydrogen) atoms. The van der Waals surface area contributed by atoms with Gasteiger partial charge in [0.1, 0.15) is 11.4 Å². The summed E-state index contributed by atoms with van der Waals surface area (Å²) < 4.78 is 13.4. The predicted octanol–water partition coefficient (Wildman–Crippen LogP) is 1.88. The number of nitrogens with two attached hydrogens (primary N) is 1. The minimum absolute atomic E-state index is 0.0389. The Kier molecular flexibility index (Phi) is 3.65. The van der Waals surface area contributed by atoms with Gasteiger partial charge in [0.2, 0.25) is 0 Å². The van der Waals surface area contributed by atoms with E-state index < -0.39 is 23.2 Å². The lowest BCUT2D eigenvalue weighted by Crippen LogP contribution is -2.52. The van der Waals surface area contributed by atoms with E-state index in [2.05, 4.69) is 0 Å². The van der Waals surface area contributed by atoms with Gasteiger partial charge < -0.3 is 15.7 Å². The molecule has 6 heteroatoms. The first-order valence-electron chi connectivity index (χ1n) is 6.53. The molecule has 1 aromatic carbocycles. The van der Waals surface area contributed by atoms with E-state index >= 15 is 0 Å². The van der Waals surface area contributed by atoms with Crippen molar-refractivity contribution in [3.8, 4) is 0 Å². The summed E-state index contributed by atoms with van der Waals surface area (Å²) >= 11 is 0. The van der Waals surface area contributed by atoms with Gasteiger partial charge in [-0.3, -0.25) is 4.79 Å². The van der Waals surface area contributed by atoms with Gasteiger partial charge in [-0.2, -0.15) is 0 Å². The van der Waals surface area contributed by atoms with Crippen molar-refractivity contribution in [3.63, 3.8) is 0 Å². The number of aliphatic carboxylic acids is 1. The number of anilines is 1. The average molecular weight is 280 g/mol. The van der Waals surface area contributed by atoms with Crippen LogP contribution in [0.3, 0.4) is 0 Å². The Balaban J connectivity index is 2.36. The van der Waals surface area contributed by atoms with E-state index in [1.165, 1.54) is 17.0 Å². The zero-order valence-electron chi connectivity index (χ0n) is 11.2. The number of carbonyl (C=O) groups excluding carboxylic acids is 1. The topological polar surface area (TPSA) is 83.6 Å². The highest BCUT2D eigenvalue weighted by molar-refractivity contribution is 5.98. The molecular weight excluding hydrogens is 263 g/mol. The molecule has 1 heterocycles. The second kappa shape index (κ2) is 5.11. The van der Waals surface area contributed by atoms with E-state index in [1.54, 1.807) is 6.92 Å². The number of carboxylic acid groups (broad SMARTS) is 1. The summed E-state index contributed by atoms with van der Waals surface area (Å²) in [7, 11) is 0. The first-order valence-corrected chi connectivity index (χ1v) is 6.53. The van der Waals surface area contributed by atoms with Crippen molar-refractivity contribution >= 4 is 17.6 Å². The molecule has 0 aliphatic carbocycles. The Morgan fingerprint density at radius 3 is 2.75 bits per heavy atom. The first-order chi connectivity index (χ1) is 9.42. The maximum Gasteiger partial charge on any atom is 0.329 e. The summed E-state index contributed by atoms with van der Waals surface area (Å²) in [6.07, 6.45) is 1.37. The smallest absolute Gasteiger partial charge is 0.329 e. The van der Waals surface area contributed by atoms with E-state index in [9.17, 15) is 19.1 Å². The van der Waals surface area contributed by atoms with Crippen LogP contribution < -0.4 is 5.73 Å². The normalized spacial score (nSPS) is 22.0. The zero-order valence-corrected chi connectivity index (χ0v) is 11.2. The number of hydrogen-bond acceptors (Lipinski definition) is 3. The quantitative estimate of drug-likeness (QED) is 0.828. The van der Waals surface area contributed by atoms with Crippen LogP contribution in [-0.2, 0) is 4.79 Å². The number of benzene rings is 1. The summed E-state index contributed by atoms with van der Waals surface area (Å²) in [4.78, 5) is 25.3. The predicted molar refractivity (Wildman–Crippen MR) is 71.7 cm³/mol. The number of amides is 1. The number of hydrogen-bond donors (Lipinski definition) is 2. The largest absolute Gasteiger partial charge is 0.479 e. The van der Waals surface area contributed by atoms with Crippen LogP contribution in [0.15, 0.2) is 18.2 Å². The van der Waals surface area contributed by atoms with Crippen molar-refractivity contribution in [1.29, 1.82) is 0 Å². The minimum Gasteiger partial charge on any atom is -0.479 e. The maximum absolute atomic E-state index is 13.4. The molecule has 1 atom stereocenters. The molecular formula is C14H17FN2O3. The summed E-state index contributed by atoms with van der Waals surface area (Å²) in [5.74, 6) is -2.15. The first kappa shape index (κ1) is 14.3. The van der Waals surface area contributed by atoms with E-state index in [-0.39, 0.29) is 11.3 Å². The molecule has 0 aromatic heterocycles. The third-order valence-corrected chi connectivity index (χ3v) is 3.96. The van der Waals surface area contributed by atoms with Crippen LogP contribution >= 0.6 is 0 Å². The molecule has 1 amide bonds. The van der Waals surface area contributed by atoms with Crippen molar-refractivity contribution < 1.29 is 19.1 Å². The fourth-order valence-electron chi connectivity index (χ4n) is 2.73. The summed E-state index contributed by atoms with van der Waals surface area (Å²) in [5, 5.41) is 9.44. The fraction of sp³-hybridized carbons (Fsp3) is 0.429. The van der Waals surface area contributed by atoms with Crippen molar-refractivity contribution in [3.05, 3.63) is 29.6 Å². The molecule has 0 bridgehead atoms. The SMILES string of the molecule is CCC1(C(=O)O)CCCN1C(=O)c1ccc(N)c(F)c1. The van der Waals surface area contributed by atoms with Crippen LogP contribution in [0, 0.1) is 5.82 Å². The molecule has 1 aliphatic rings. The van der Waals surface area contributed by atoms with E-state index in [0.717, 1.165) is 6.07 Å². The molecule has 2 rings (SSSR count). The summed E-state index contributed by atoms with van der Waals surface area (Å²) in [6.45, 7) is 2.11. The Bertz CT molecular complexity index is 561. The lowest BCUT2D eigenvalue weighted by atomic mass is 9.92. The van der Waals surface area contributed by atoms with Crippen LogP contribution in [0.4, 0.5) is 10.1 Å². The van der Waals surface area contributed by atoms with Crippen molar-refractivity contribution in [2.45, 2.75) is 31.7 Å². The molecule has 1 unspecified atom stereocenters. The summed E-state index contributed by atoms with van der Waals surface area (Å²) in [5.41, 5.74) is 4.27. The van der Waals surface area contributed by atoms with Gasteiger partial charge in [-0.25, -0.2) is 9.18 Å². The average Bonchev–Trinajstić information content (AvgIpc) is 2.86. The van der Waals surface area contributed by atoms with Gasteiger partial charge in [-0.05, 0) is 37.5 Å². The lowest BCUT2D eigenvalue weighted by molar-refractivity contribution is -0.148. The molecule has 0 radical (unpaired) electrons. The van der Waals surface area contributed by atoms with Gasteiger partial charge in [0.15, 0.2) is 0 Å². The number of likely N-dealkylation sites (tertiary alicyclic amines) is 1. The maximum atomic E-state index is 13.4. The van der Waals surface area contributed by atoms with Gasteiger partial charge in [0.05, 0.1) is 5.69 Å². The van der Waals surface area contributed by atoms with E-state index in [1.807, 2.05) is 0 Å². The molecule has 3 N–H and O–H groups in total. The van der Waals surface area contributed by atoms with E-state index in [0.29, 0.717) is 25.8 Å². The van der Waals surface area contributed by atoms with Crippen LogP contribution in [0.5, 0.6) is 0 Å². The number of carbonyl (C=O) groups is 2. The summed E-state index contributed by atoms with van der Waals surface area (Å²) in [6, 6.07) is 3.78. The molecule has 0 saturated carbocycles. The Morgan fingerprint density at radius 2 is 2.20 bits per heavy atom. The number of nitrogens with zero attached hydrogens (tertiary/aromatic N) is 1. The molecule has 108 valence electrons. The molecule has 1 saturated heterocycles. The molecule has 1 aliphatic heterocycles. The zero-order chi connectivity index (χ0) is 14.9. The van der Waals surface area contributed by atoms with Crippen LogP contribution in [0.2, 0.25) is 0 Å². The minimum atomic E-state index is -1.19. The highest BCUT2D eigenvalue weighted by Crippen LogP contribution is 2.34. The number of nitrogen functional groups attached to an aromatic ring is 1. The molecule has 0 spiro atoms. The van der Waals surface area contributed by atoms with Gasteiger partial charge >= 0.3 is 5.97 Å². The van der Waals surface area contributed by atoms with Crippen molar-refractivity contribution in [2.75, 3.05) is 12.3 Å². The lowest BCUT2D eigenvalue weighted by Gasteiger charge is -2.34. The van der Waals surface area contributed by atoms with Gasteiger partial charge in [-0.1, -0.05) is 6.92 Å². The van der Waals surface area contributed by atoms with Crippen LogP contribution in [0.25, 0.3) is 0 Å². The Labute approximate surface area is 116 Å². The van der Waals surface area contributed by atoms with Gasteiger partial charge in [0.25, 0.3) is 5.91 Å². The van der Waals surface area contributed by atoms with Gasteiger partial charge in [0, 0.05) is 12.1 Å². The third-order valence-electron chi connectivity index (χ3n) is 3.96. The number of rotatable bonds is 3. The van der Waals surface area contributed by atoms with Crippen molar-refractivity contribution in [1.82, 2.24) is 4.90 Å². The highest BCUT2D eigenvalue weighted by atomic mass is 19.1. The van der Waals surface area contributed by atoms with Crippen LogP contribution in [0.1, 0.15) is 36.5 Å². The number of carboxylic acids is 1. The Hall–Kier alpha value is -2.11. The second-order valence-electron chi connectivity index (χ2n) is 4.99. The third kappa shape index (κ3) is 2.11.